The van der Waals surface area contributed by atoms with Crippen molar-refractivity contribution in [3.05, 3.63) is 18.0 Å². The summed E-state index contributed by atoms with van der Waals surface area (Å²) >= 11 is 0. The molecule has 1 rings (SSSR count). The van der Waals surface area contributed by atoms with E-state index < -0.39 is 15.9 Å². The highest BCUT2D eigenvalue weighted by Gasteiger charge is 2.10. The van der Waals surface area contributed by atoms with Gasteiger partial charge in [0.1, 0.15) is 0 Å². The Hall–Kier alpha value is -1.41. The van der Waals surface area contributed by atoms with E-state index in [4.69, 9.17) is 5.14 Å². The Morgan fingerprint density at radius 3 is 2.86 bits per heavy atom. The first-order valence-electron chi connectivity index (χ1n) is 3.68. The zero-order valence-electron chi connectivity index (χ0n) is 7.13. The number of nitrogens with two attached hydrogens (primary N) is 1. The number of carbonyl (C=O) groups is 1. The smallest absolute Gasteiger partial charge is 0.289 e. The number of nitrogens with zero attached hydrogens (tertiary/aromatic N) is 1. The Kier molecular flexibility index (Phi) is 3.20. The van der Waals surface area contributed by atoms with Gasteiger partial charge in [-0.15, -0.1) is 0 Å². The molecule has 0 atom stereocenters. The van der Waals surface area contributed by atoms with Gasteiger partial charge in [0.2, 0.25) is 15.8 Å². The number of amides is 1. The van der Waals surface area contributed by atoms with Crippen LogP contribution in [-0.2, 0) is 10.0 Å². The van der Waals surface area contributed by atoms with Gasteiger partial charge < -0.3 is 9.84 Å². The maximum absolute atomic E-state index is 11.1. The molecule has 78 valence electrons. The van der Waals surface area contributed by atoms with E-state index in [0.717, 1.165) is 0 Å². The van der Waals surface area contributed by atoms with Crippen molar-refractivity contribution in [2.75, 3.05) is 12.3 Å². The Bertz CT molecular complexity index is 397. The molecule has 1 heterocycles. The second kappa shape index (κ2) is 4.20. The highest BCUT2D eigenvalue weighted by molar-refractivity contribution is 7.89. The van der Waals surface area contributed by atoms with Crippen molar-refractivity contribution >= 4 is 15.9 Å². The zero-order chi connectivity index (χ0) is 10.6. The zero-order valence-corrected chi connectivity index (χ0v) is 7.95. The molecule has 0 spiro atoms. The molecule has 1 aromatic rings. The number of carbonyl (C=O) groups excluding carboxylic acids is 1. The van der Waals surface area contributed by atoms with Crippen molar-refractivity contribution in [3.8, 4) is 0 Å². The Labute approximate surface area is 80.3 Å². The quantitative estimate of drug-likeness (QED) is 0.652. The first-order valence-corrected chi connectivity index (χ1v) is 5.40. The van der Waals surface area contributed by atoms with E-state index in [2.05, 4.69) is 15.0 Å². The summed E-state index contributed by atoms with van der Waals surface area (Å²) in [5, 5.41) is 10.4. The van der Waals surface area contributed by atoms with Gasteiger partial charge in [-0.1, -0.05) is 5.16 Å². The van der Waals surface area contributed by atoms with Gasteiger partial charge in [-0.25, -0.2) is 13.6 Å². The monoisotopic (exact) mass is 219 g/mol. The molecule has 0 radical (unpaired) electrons. The summed E-state index contributed by atoms with van der Waals surface area (Å²) in [6.45, 7) is -0.0572. The highest BCUT2D eigenvalue weighted by Crippen LogP contribution is 1.94. The molecule has 0 aliphatic carbocycles. The Morgan fingerprint density at radius 1 is 1.64 bits per heavy atom. The van der Waals surface area contributed by atoms with Gasteiger partial charge >= 0.3 is 0 Å². The average Bonchev–Trinajstić information content (AvgIpc) is 2.53. The van der Waals surface area contributed by atoms with E-state index in [1.165, 1.54) is 12.3 Å². The topological polar surface area (TPSA) is 115 Å². The second-order valence-corrected chi connectivity index (χ2v) is 4.23. The largest absolute Gasteiger partial charge is 0.351 e. The van der Waals surface area contributed by atoms with Crippen LogP contribution in [0.25, 0.3) is 0 Å². The van der Waals surface area contributed by atoms with E-state index in [-0.39, 0.29) is 18.1 Å². The van der Waals surface area contributed by atoms with Crippen LogP contribution in [0.2, 0.25) is 0 Å². The summed E-state index contributed by atoms with van der Waals surface area (Å²) in [6.07, 6.45) is 1.31. The lowest BCUT2D eigenvalue weighted by Gasteiger charge is -2.00. The molecule has 0 aromatic carbocycles. The molecule has 0 bridgehead atoms. The molecule has 7 nitrogen and oxygen atoms in total. The van der Waals surface area contributed by atoms with Gasteiger partial charge in [-0.3, -0.25) is 4.79 Å². The summed E-state index contributed by atoms with van der Waals surface area (Å²) in [6, 6.07) is 1.37. The molecule has 0 aliphatic heterocycles. The summed E-state index contributed by atoms with van der Waals surface area (Å²) in [4.78, 5) is 11.1. The van der Waals surface area contributed by atoms with Gasteiger partial charge in [0.05, 0.1) is 11.9 Å². The fourth-order valence-corrected chi connectivity index (χ4v) is 1.11. The van der Waals surface area contributed by atoms with Gasteiger partial charge in [0, 0.05) is 12.6 Å². The van der Waals surface area contributed by atoms with Crippen LogP contribution in [-0.4, -0.2) is 31.8 Å². The second-order valence-electron chi connectivity index (χ2n) is 2.50. The number of aromatic nitrogens is 1. The molecule has 0 unspecified atom stereocenters. The minimum absolute atomic E-state index is 0.0272. The number of nitrogens with one attached hydrogen (secondary N) is 1. The van der Waals surface area contributed by atoms with E-state index in [1.54, 1.807) is 0 Å². The van der Waals surface area contributed by atoms with Crippen molar-refractivity contribution in [1.29, 1.82) is 0 Å². The van der Waals surface area contributed by atoms with Crippen molar-refractivity contribution in [1.82, 2.24) is 10.5 Å². The fraction of sp³-hybridized carbons (Fsp3) is 0.333. The maximum atomic E-state index is 11.1. The predicted octanol–water partition coefficient (Wildman–Crippen LogP) is -1.31. The number of sulfonamides is 1. The lowest BCUT2D eigenvalue weighted by Crippen LogP contribution is -2.31. The van der Waals surface area contributed by atoms with Gasteiger partial charge in [0.25, 0.3) is 5.91 Å². The van der Waals surface area contributed by atoms with Crippen molar-refractivity contribution in [2.45, 2.75) is 0 Å². The van der Waals surface area contributed by atoms with Crippen LogP contribution in [0.1, 0.15) is 10.6 Å². The van der Waals surface area contributed by atoms with Crippen molar-refractivity contribution < 1.29 is 17.7 Å². The Balaban J connectivity index is 2.37. The van der Waals surface area contributed by atoms with Gasteiger partial charge in [-0.05, 0) is 0 Å². The van der Waals surface area contributed by atoms with Crippen LogP contribution in [0.4, 0.5) is 0 Å². The van der Waals surface area contributed by atoms with E-state index >= 15 is 0 Å². The number of hydrogen-bond acceptors (Lipinski definition) is 5. The lowest BCUT2D eigenvalue weighted by molar-refractivity contribution is 0.0919. The minimum atomic E-state index is -3.55. The summed E-state index contributed by atoms with van der Waals surface area (Å²) in [7, 11) is -3.55. The van der Waals surface area contributed by atoms with Crippen LogP contribution < -0.4 is 10.5 Å². The minimum Gasteiger partial charge on any atom is -0.351 e. The van der Waals surface area contributed by atoms with Crippen LogP contribution >= 0.6 is 0 Å². The van der Waals surface area contributed by atoms with Crippen LogP contribution in [0.5, 0.6) is 0 Å². The van der Waals surface area contributed by atoms with Crippen molar-refractivity contribution in [3.63, 3.8) is 0 Å². The molecule has 0 saturated heterocycles. The normalized spacial score (nSPS) is 11.2. The first-order chi connectivity index (χ1) is 6.49. The molecule has 3 N–H and O–H groups in total. The van der Waals surface area contributed by atoms with E-state index in [9.17, 15) is 13.2 Å². The summed E-state index contributed by atoms with van der Waals surface area (Å²) in [5.41, 5.74) is 0. The van der Waals surface area contributed by atoms with Crippen molar-refractivity contribution in [2.24, 2.45) is 5.14 Å². The molecular formula is C6H9N3O4S. The standard InChI is InChI=1S/C6H9N3O4S/c7-14(11,12)4-3-8-6(10)5-1-2-9-13-5/h1-2H,3-4H2,(H,8,10)(H2,7,11,12). The van der Waals surface area contributed by atoms with E-state index in [0.29, 0.717) is 0 Å². The third kappa shape index (κ3) is 3.54. The lowest BCUT2D eigenvalue weighted by atomic mass is 10.4. The molecule has 1 aromatic heterocycles. The molecule has 0 saturated carbocycles. The number of rotatable bonds is 4. The van der Waals surface area contributed by atoms with Crippen LogP contribution in [0, 0.1) is 0 Å². The molecule has 14 heavy (non-hydrogen) atoms. The highest BCUT2D eigenvalue weighted by atomic mass is 32.2. The third-order valence-electron chi connectivity index (χ3n) is 1.33. The predicted molar refractivity (Wildman–Crippen MR) is 46.8 cm³/mol. The average molecular weight is 219 g/mol. The number of hydrogen-bond donors (Lipinski definition) is 2. The van der Waals surface area contributed by atoms with Gasteiger partial charge in [0.15, 0.2) is 0 Å². The van der Waals surface area contributed by atoms with E-state index in [1.807, 2.05) is 0 Å². The van der Waals surface area contributed by atoms with Crippen LogP contribution in [0.15, 0.2) is 16.8 Å². The van der Waals surface area contributed by atoms with Gasteiger partial charge in [-0.2, -0.15) is 0 Å². The number of primary sulfonamides is 1. The fourth-order valence-electron chi connectivity index (χ4n) is 0.727. The SMILES string of the molecule is NS(=O)(=O)CCNC(=O)c1ccno1. The molecule has 1 amide bonds. The van der Waals surface area contributed by atoms with Crippen LogP contribution in [0.3, 0.4) is 0 Å². The summed E-state index contributed by atoms with van der Waals surface area (Å²) < 4.78 is 25.5. The first kappa shape index (κ1) is 10.7. The molecule has 0 aliphatic rings. The molecule has 8 heteroatoms. The molecule has 0 fully saturated rings. The third-order valence-corrected chi connectivity index (χ3v) is 2.11. The Morgan fingerprint density at radius 2 is 2.36 bits per heavy atom. The summed E-state index contributed by atoms with van der Waals surface area (Å²) in [5.74, 6) is -0.807. The molecular weight excluding hydrogens is 210 g/mol. The maximum Gasteiger partial charge on any atom is 0.289 e.